The third kappa shape index (κ3) is 3.50. The van der Waals surface area contributed by atoms with E-state index in [9.17, 15) is 24.1 Å². The van der Waals surface area contributed by atoms with Gasteiger partial charge in [-0.15, -0.1) is 0 Å². The van der Waals surface area contributed by atoms with E-state index in [1.165, 1.54) is 14.0 Å². The van der Waals surface area contributed by atoms with Crippen LogP contribution in [-0.4, -0.2) is 40.4 Å². The van der Waals surface area contributed by atoms with E-state index >= 15 is 0 Å². The van der Waals surface area contributed by atoms with E-state index in [1.807, 2.05) is 0 Å². The number of nitrogens with zero attached hydrogens (tertiary/aromatic N) is 2. The normalized spacial score (nSPS) is 11.8. The molecule has 8 heteroatoms. The number of carbonyl (C=O) groups excluding carboxylic acids is 1. The summed E-state index contributed by atoms with van der Waals surface area (Å²) in [5, 5.41) is 19.4. The monoisotopic (exact) mass is 284 g/mol. The van der Waals surface area contributed by atoms with Crippen LogP contribution in [0.4, 0.5) is 10.1 Å². The molecule has 1 aromatic carbocycles. The number of carboxylic acid groups (broad SMARTS) is 1. The zero-order valence-electron chi connectivity index (χ0n) is 10.9. The maximum Gasteiger partial charge on any atom is 0.308 e. The number of halogens is 1. The van der Waals surface area contributed by atoms with Gasteiger partial charge in [-0.05, 0) is 6.07 Å². The molecule has 0 aromatic heterocycles. The van der Waals surface area contributed by atoms with Gasteiger partial charge in [0, 0.05) is 25.7 Å². The molecule has 7 nitrogen and oxygen atoms in total. The molecule has 0 aliphatic carbocycles. The molecule has 108 valence electrons. The van der Waals surface area contributed by atoms with Gasteiger partial charge in [-0.3, -0.25) is 19.7 Å². The highest BCUT2D eigenvalue weighted by Crippen LogP contribution is 2.18. The van der Waals surface area contributed by atoms with Gasteiger partial charge < -0.3 is 10.0 Å². The molecule has 1 N–H and O–H groups in total. The Hall–Kier alpha value is -2.51. The van der Waals surface area contributed by atoms with Crippen LogP contribution in [0.5, 0.6) is 0 Å². The number of nitro groups is 1. The molecular weight excluding hydrogens is 271 g/mol. The Kier molecular flexibility index (Phi) is 4.73. The first-order chi connectivity index (χ1) is 9.23. The maximum atomic E-state index is 13.6. The Morgan fingerprint density at radius 3 is 2.60 bits per heavy atom. The molecule has 1 atom stereocenters. The molecule has 1 aromatic rings. The smallest absolute Gasteiger partial charge is 0.308 e. The quantitative estimate of drug-likeness (QED) is 0.652. The van der Waals surface area contributed by atoms with E-state index in [4.69, 9.17) is 5.11 Å². The Balaban J connectivity index is 2.99. The lowest BCUT2D eigenvalue weighted by Gasteiger charge is -2.19. The van der Waals surface area contributed by atoms with E-state index in [0.717, 1.165) is 23.1 Å². The lowest BCUT2D eigenvalue weighted by molar-refractivity contribution is -0.384. The number of hydrogen-bond donors (Lipinski definition) is 1. The molecule has 0 bridgehead atoms. The summed E-state index contributed by atoms with van der Waals surface area (Å²) in [4.78, 5) is 33.6. The van der Waals surface area contributed by atoms with Crippen LogP contribution in [0.1, 0.15) is 17.3 Å². The van der Waals surface area contributed by atoms with Crippen LogP contribution in [0.2, 0.25) is 0 Å². The summed E-state index contributed by atoms with van der Waals surface area (Å²) < 4.78 is 13.6. The van der Waals surface area contributed by atoms with E-state index < -0.39 is 39.8 Å². The summed E-state index contributed by atoms with van der Waals surface area (Å²) in [6, 6.07) is 2.62. The second kappa shape index (κ2) is 6.09. The SMILES string of the molecule is CC(CN(C)C(=O)c1cc([N+](=O)[O-])ccc1F)C(=O)O. The Morgan fingerprint density at radius 1 is 1.50 bits per heavy atom. The molecule has 1 amide bonds. The molecule has 0 aliphatic heterocycles. The van der Waals surface area contributed by atoms with Crippen LogP contribution in [0.15, 0.2) is 18.2 Å². The number of hydrogen-bond acceptors (Lipinski definition) is 4. The molecule has 0 heterocycles. The highest BCUT2D eigenvalue weighted by atomic mass is 19.1. The number of non-ortho nitro benzene ring substituents is 1. The zero-order valence-corrected chi connectivity index (χ0v) is 10.9. The highest BCUT2D eigenvalue weighted by Gasteiger charge is 2.22. The minimum absolute atomic E-state index is 0.129. The van der Waals surface area contributed by atoms with Gasteiger partial charge in [-0.1, -0.05) is 6.92 Å². The van der Waals surface area contributed by atoms with Crippen LogP contribution < -0.4 is 0 Å². The minimum Gasteiger partial charge on any atom is -0.481 e. The first-order valence-electron chi connectivity index (χ1n) is 5.66. The summed E-state index contributed by atoms with van der Waals surface area (Å²) in [5.41, 5.74) is -0.867. The van der Waals surface area contributed by atoms with Crippen LogP contribution in [0.25, 0.3) is 0 Å². The number of rotatable bonds is 5. The molecule has 0 saturated carbocycles. The van der Waals surface area contributed by atoms with Crippen LogP contribution >= 0.6 is 0 Å². The van der Waals surface area contributed by atoms with Crippen LogP contribution in [0, 0.1) is 21.8 Å². The van der Waals surface area contributed by atoms with Gasteiger partial charge in [0.1, 0.15) is 5.82 Å². The van der Waals surface area contributed by atoms with Crippen molar-refractivity contribution in [2.24, 2.45) is 5.92 Å². The number of carboxylic acids is 1. The van der Waals surface area contributed by atoms with Gasteiger partial charge in [-0.25, -0.2) is 4.39 Å². The molecule has 1 unspecified atom stereocenters. The van der Waals surface area contributed by atoms with Crippen LogP contribution in [0.3, 0.4) is 0 Å². The van der Waals surface area contributed by atoms with E-state index in [1.54, 1.807) is 0 Å². The van der Waals surface area contributed by atoms with Crippen molar-refractivity contribution in [2.45, 2.75) is 6.92 Å². The molecule has 1 rings (SSSR count). The van der Waals surface area contributed by atoms with Crippen LogP contribution in [-0.2, 0) is 4.79 Å². The average molecular weight is 284 g/mol. The summed E-state index contributed by atoms with van der Waals surface area (Å²) >= 11 is 0. The second-order valence-corrected chi connectivity index (χ2v) is 4.35. The average Bonchev–Trinajstić information content (AvgIpc) is 2.37. The van der Waals surface area contributed by atoms with Crippen molar-refractivity contribution >= 4 is 17.6 Å². The van der Waals surface area contributed by atoms with Gasteiger partial charge in [0.25, 0.3) is 11.6 Å². The number of nitro benzene ring substituents is 1. The number of carbonyl (C=O) groups is 2. The van der Waals surface area contributed by atoms with E-state index in [-0.39, 0.29) is 6.54 Å². The molecular formula is C12H13FN2O5. The molecule has 0 aliphatic rings. The lowest BCUT2D eigenvalue weighted by Crippen LogP contribution is -2.34. The van der Waals surface area contributed by atoms with Gasteiger partial charge in [0.2, 0.25) is 0 Å². The summed E-state index contributed by atoms with van der Waals surface area (Å²) in [6.07, 6.45) is 0. The fraction of sp³-hybridized carbons (Fsp3) is 0.333. The number of amides is 1. The third-order valence-electron chi connectivity index (χ3n) is 2.71. The third-order valence-corrected chi connectivity index (χ3v) is 2.71. The summed E-state index contributed by atoms with van der Waals surface area (Å²) in [5.74, 6) is -3.62. The standard InChI is InChI=1S/C12H13FN2O5/c1-7(12(17)18)6-14(2)11(16)9-5-8(15(19)20)3-4-10(9)13/h3-5,7H,6H2,1-2H3,(H,17,18). The van der Waals surface area contributed by atoms with Crippen molar-refractivity contribution in [3.05, 3.63) is 39.7 Å². The molecule has 20 heavy (non-hydrogen) atoms. The maximum absolute atomic E-state index is 13.6. The summed E-state index contributed by atoms with van der Waals surface area (Å²) in [7, 11) is 1.31. The van der Waals surface area contributed by atoms with Crippen molar-refractivity contribution < 1.29 is 24.0 Å². The zero-order chi connectivity index (χ0) is 15.4. The Bertz CT molecular complexity index is 561. The fourth-order valence-corrected chi connectivity index (χ4v) is 1.57. The largest absolute Gasteiger partial charge is 0.481 e. The van der Waals surface area contributed by atoms with Gasteiger partial charge >= 0.3 is 5.97 Å². The van der Waals surface area contributed by atoms with Crippen molar-refractivity contribution in [2.75, 3.05) is 13.6 Å². The predicted molar refractivity (Wildman–Crippen MR) is 66.8 cm³/mol. The number of aliphatic carboxylic acids is 1. The van der Waals surface area contributed by atoms with Gasteiger partial charge in [0.05, 0.1) is 16.4 Å². The van der Waals surface area contributed by atoms with E-state index in [0.29, 0.717) is 0 Å². The molecule has 0 radical (unpaired) electrons. The molecule has 0 spiro atoms. The van der Waals surface area contributed by atoms with Gasteiger partial charge in [0.15, 0.2) is 0 Å². The number of benzene rings is 1. The van der Waals surface area contributed by atoms with Crippen molar-refractivity contribution in [1.82, 2.24) is 4.90 Å². The Labute approximate surface area is 113 Å². The van der Waals surface area contributed by atoms with E-state index in [2.05, 4.69) is 0 Å². The van der Waals surface area contributed by atoms with Crippen molar-refractivity contribution in [3.63, 3.8) is 0 Å². The fourth-order valence-electron chi connectivity index (χ4n) is 1.57. The minimum atomic E-state index is -1.09. The van der Waals surface area contributed by atoms with Gasteiger partial charge in [-0.2, -0.15) is 0 Å². The highest BCUT2D eigenvalue weighted by molar-refractivity contribution is 5.95. The first kappa shape index (κ1) is 15.5. The van der Waals surface area contributed by atoms with Crippen molar-refractivity contribution in [1.29, 1.82) is 0 Å². The Morgan fingerprint density at radius 2 is 2.10 bits per heavy atom. The van der Waals surface area contributed by atoms with Crippen molar-refractivity contribution in [3.8, 4) is 0 Å². The molecule has 0 fully saturated rings. The topological polar surface area (TPSA) is 101 Å². The molecule has 0 saturated heterocycles. The lowest BCUT2D eigenvalue weighted by atomic mass is 10.1. The predicted octanol–water partition coefficient (Wildman–Crippen LogP) is 1.53. The second-order valence-electron chi connectivity index (χ2n) is 4.35. The first-order valence-corrected chi connectivity index (χ1v) is 5.66. The summed E-state index contributed by atoms with van der Waals surface area (Å²) in [6.45, 7) is 1.27.